The van der Waals surface area contributed by atoms with Gasteiger partial charge in [0.15, 0.2) is 11.6 Å². The molecule has 1 aliphatic heterocycles. The number of nitrogen functional groups attached to an aromatic ring is 1. The van der Waals surface area contributed by atoms with Crippen molar-refractivity contribution in [2.45, 2.75) is 24.2 Å². The van der Waals surface area contributed by atoms with Crippen molar-refractivity contribution in [3.8, 4) is 17.0 Å². The van der Waals surface area contributed by atoms with Crippen LogP contribution >= 0.6 is 0 Å². The molecule has 2 heterocycles. The van der Waals surface area contributed by atoms with E-state index < -0.39 is 15.8 Å². The highest BCUT2D eigenvalue weighted by molar-refractivity contribution is 7.89. The van der Waals surface area contributed by atoms with Crippen molar-refractivity contribution in [1.82, 2.24) is 14.3 Å². The van der Waals surface area contributed by atoms with Gasteiger partial charge in [-0.15, -0.1) is 0 Å². The number of benzene rings is 3. The number of rotatable bonds is 8. The molecule has 0 unspecified atom stereocenters. The Bertz CT molecular complexity index is 1610. The number of nitrogens with two attached hydrogens (primary N) is 1. The number of sulfonamides is 1. The Hall–Kier alpha value is -4.09. The minimum absolute atomic E-state index is 0.144. The molecule has 0 amide bonds. The molecule has 0 spiro atoms. The first-order valence-corrected chi connectivity index (χ1v) is 14.2. The fourth-order valence-corrected chi connectivity index (χ4v) is 6.28. The summed E-state index contributed by atoms with van der Waals surface area (Å²) in [6.07, 6.45) is 3.64. The Labute approximate surface area is 231 Å². The fraction of sp³-hybridized carbons (Fsp3) is 0.241. The van der Waals surface area contributed by atoms with Gasteiger partial charge in [-0.1, -0.05) is 6.07 Å². The SMILES string of the molecule is COc1ccc(-c2ccnc(Nc3ccc(S(=O)(=O)N4CCC(Cc5ccc(F)cc5N)CC4)cc3)n2)cc1F. The van der Waals surface area contributed by atoms with Crippen molar-refractivity contribution >= 4 is 27.3 Å². The number of aromatic nitrogens is 2. The van der Waals surface area contributed by atoms with Gasteiger partial charge in [-0.3, -0.25) is 0 Å². The van der Waals surface area contributed by atoms with Crippen LogP contribution < -0.4 is 15.8 Å². The molecule has 8 nitrogen and oxygen atoms in total. The number of halogens is 2. The summed E-state index contributed by atoms with van der Waals surface area (Å²) in [5, 5.41) is 3.06. The highest BCUT2D eigenvalue weighted by Gasteiger charge is 2.29. The highest BCUT2D eigenvalue weighted by atomic mass is 32.2. The lowest BCUT2D eigenvalue weighted by Gasteiger charge is -2.31. The monoisotopic (exact) mass is 565 g/mol. The Morgan fingerprint density at radius 2 is 1.77 bits per heavy atom. The summed E-state index contributed by atoms with van der Waals surface area (Å²) >= 11 is 0. The van der Waals surface area contributed by atoms with Crippen LogP contribution in [0.3, 0.4) is 0 Å². The smallest absolute Gasteiger partial charge is 0.243 e. The van der Waals surface area contributed by atoms with Gasteiger partial charge in [-0.25, -0.2) is 27.2 Å². The average Bonchev–Trinajstić information content (AvgIpc) is 2.95. The van der Waals surface area contributed by atoms with Crippen LogP contribution in [0.15, 0.2) is 77.8 Å². The Morgan fingerprint density at radius 1 is 1.02 bits per heavy atom. The number of hydrogen-bond acceptors (Lipinski definition) is 7. The maximum absolute atomic E-state index is 14.1. The van der Waals surface area contributed by atoms with E-state index in [-0.39, 0.29) is 28.3 Å². The standard InChI is InChI=1S/C29H29F2N5O3S/c1-39-28-9-3-21(17-25(28)31)27-10-13-33-29(35-27)34-23-5-7-24(8-6-23)40(37,38)36-14-11-19(12-15-36)16-20-2-4-22(30)18-26(20)32/h2-10,13,17-19H,11-12,14-16,32H2,1H3,(H,33,34,35). The number of nitrogens with one attached hydrogen (secondary N) is 1. The Balaban J connectivity index is 1.21. The van der Waals surface area contributed by atoms with Gasteiger partial charge in [0.25, 0.3) is 0 Å². The number of hydrogen-bond donors (Lipinski definition) is 2. The molecule has 0 saturated carbocycles. The van der Waals surface area contributed by atoms with Gasteiger partial charge in [0, 0.05) is 36.2 Å². The van der Waals surface area contributed by atoms with Gasteiger partial charge in [0.1, 0.15) is 5.82 Å². The second-order valence-corrected chi connectivity index (χ2v) is 11.6. The molecule has 3 N–H and O–H groups in total. The van der Waals surface area contributed by atoms with E-state index in [1.807, 2.05) is 0 Å². The number of anilines is 3. The third kappa shape index (κ3) is 6.05. The van der Waals surface area contributed by atoms with Crippen LogP contribution in [0.25, 0.3) is 11.3 Å². The zero-order valence-electron chi connectivity index (χ0n) is 21.8. The van der Waals surface area contributed by atoms with Crippen LogP contribution in [-0.2, 0) is 16.4 Å². The number of nitrogens with zero attached hydrogens (tertiary/aromatic N) is 3. The fourth-order valence-electron chi connectivity index (χ4n) is 4.81. The van der Waals surface area contributed by atoms with Crippen molar-refractivity contribution in [2.24, 2.45) is 5.92 Å². The molecule has 5 rings (SSSR count). The molecular weight excluding hydrogens is 536 g/mol. The summed E-state index contributed by atoms with van der Waals surface area (Å²) in [4.78, 5) is 8.85. The zero-order valence-corrected chi connectivity index (χ0v) is 22.7. The largest absolute Gasteiger partial charge is 0.494 e. The normalized spacial score (nSPS) is 14.7. The van der Waals surface area contributed by atoms with Crippen molar-refractivity contribution in [2.75, 3.05) is 31.2 Å². The first kappa shape index (κ1) is 27.5. The zero-order chi connectivity index (χ0) is 28.3. The van der Waals surface area contributed by atoms with E-state index in [1.54, 1.807) is 48.7 Å². The average molecular weight is 566 g/mol. The lowest BCUT2D eigenvalue weighted by molar-refractivity contribution is 0.273. The quantitative estimate of drug-likeness (QED) is 0.275. The summed E-state index contributed by atoms with van der Waals surface area (Å²) < 4.78 is 60.5. The van der Waals surface area contributed by atoms with E-state index >= 15 is 0 Å². The number of methoxy groups -OCH3 is 1. The highest BCUT2D eigenvalue weighted by Crippen LogP contribution is 2.29. The third-order valence-electron chi connectivity index (χ3n) is 7.04. The Morgan fingerprint density at radius 3 is 2.45 bits per heavy atom. The lowest BCUT2D eigenvalue weighted by atomic mass is 9.90. The van der Waals surface area contributed by atoms with Crippen LogP contribution in [0.2, 0.25) is 0 Å². The van der Waals surface area contributed by atoms with Crippen LogP contribution in [0, 0.1) is 17.6 Å². The first-order valence-electron chi connectivity index (χ1n) is 12.8. The summed E-state index contributed by atoms with van der Waals surface area (Å²) in [5.74, 6) is -0.156. The van der Waals surface area contributed by atoms with E-state index in [9.17, 15) is 17.2 Å². The van der Waals surface area contributed by atoms with Gasteiger partial charge in [-0.05, 0) is 91.4 Å². The minimum atomic E-state index is -3.66. The third-order valence-corrected chi connectivity index (χ3v) is 8.95. The maximum Gasteiger partial charge on any atom is 0.243 e. The molecular formula is C29H29F2N5O3S. The molecule has 0 bridgehead atoms. The number of ether oxygens (including phenoxy) is 1. The van der Waals surface area contributed by atoms with Gasteiger partial charge in [0.05, 0.1) is 17.7 Å². The molecule has 4 aromatic rings. The summed E-state index contributed by atoms with van der Waals surface area (Å²) in [6.45, 7) is 0.807. The second-order valence-electron chi connectivity index (χ2n) is 9.66. The molecule has 208 valence electrons. The van der Waals surface area contributed by atoms with E-state index in [0.29, 0.717) is 55.0 Å². The molecule has 0 aliphatic carbocycles. The van der Waals surface area contributed by atoms with E-state index in [2.05, 4.69) is 15.3 Å². The minimum Gasteiger partial charge on any atom is -0.494 e. The van der Waals surface area contributed by atoms with Crippen molar-refractivity contribution in [3.05, 3.63) is 90.1 Å². The maximum atomic E-state index is 14.1. The van der Waals surface area contributed by atoms with Crippen LogP contribution in [0.4, 0.5) is 26.1 Å². The molecule has 0 atom stereocenters. The predicted octanol–water partition coefficient (Wildman–Crippen LogP) is 5.40. The molecule has 0 radical (unpaired) electrons. The summed E-state index contributed by atoms with van der Waals surface area (Å²) in [5.41, 5.74) is 8.94. The van der Waals surface area contributed by atoms with Crippen LogP contribution in [0.5, 0.6) is 5.75 Å². The predicted molar refractivity (Wildman–Crippen MR) is 150 cm³/mol. The molecule has 1 aromatic heterocycles. The van der Waals surface area contributed by atoms with Gasteiger partial charge in [-0.2, -0.15) is 4.31 Å². The van der Waals surface area contributed by atoms with E-state index in [0.717, 1.165) is 5.56 Å². The van der Waals surface area contributed by atoms with E-state index in [4.69, 9.17) is 10.5 Å². The van der Waals surface area contributed by atoms with Crippen molar-refractivity contribution in [1.29, 1.82) is 0 Å². The molecule has 3 aromatic carbocycles. The van der Waals surface area contributed by atoms with E-state index in [1.165, 1.54) is 35.7 Å². The lowest BCUT2D eigenvalue weighted by Crippen LogP contribution is -2.38. The van der Waals surface area contributed by atoms with Crippen molar-refractivity contribution in [3.63, 3.8) is 0 Å². The summed E-state index contributed by atoms with van der Waals surface area (Å²) in [7, 11) is -2.26. The molecule has 1 aliphatic rings. The van der Waals surface area contributed by atoms with Crippen molar-refractivity contribution < 1.29 is 21.9 Å². The van der Waals surface area contributed by atoms with Gasteiger partial charge in [0.2, 0.25) is 16.0 Å². The van der Waals surface area contributed by atoms with Crippen LogP contribution in [0.1, 0.15) is 18.4 Å². The van der Waals surface area contributed by atoms with Crippen LogP contribution in [-0.4, -0.2) is 42.9 Å². The second kappa shape index (κ2) is 11.6. The molecule has 1 fully saturated rings. The Kier molecular flexibility index (Phi) is 7.95. The summed E-state index contributed by atoms with van der Waals surface area (Å²) in [6, 6.07) is 17.1. The molecule has 11 heteroatoms. The molecule has 40 heavy (non-hydrogen) atoms. The topological polar surface area (TPSA) is 110 Å². The number of piperidine rings is 1. The van der Waals surface area contributed by atoms with Gasteiger partial charge >= 0.3 is 0 Å². The molecule has 1 saturated heterocycles. The first-order chi connectivity index (χ1) is 19.2. The van der Waals surface area contributed by atoms with Gasteiger partial charge < -0.3 is 15.8 Å².